The summed E-state index contributed by atoms with van der Waals surface area (Å²) in [6, 6.07) is 0. The van der Waals surface area contributed by atoms with Crippen LogP contribution < -0.4 is 12.4 Å². The molecule has 0 aliphatic rings. The zero-order chi connectivity index (χ0) is 51.9. The minimum atomic E-state index is 0. The number of quaternary nitrogens is 4. The van der Waals surface area contributed by atoms with E-state index < -0.39 is 0 Å². The predicted molar refractivity (Wildman–Crippen MR) is 344 cm³/mol. The number of unbranched alkanes of at least 4 members (excludes halogenated alkanes) is 16. The third kappa shape index (κ3) is 275. The number of hydrogen-bond donors (Lipinski definition) is 0. The summed E-state index contributed by atoms with van der Waals surface area (Å²) in [6.07, 6.45) is 44.2. The van der Waals surface area contributed by atoms with Crippen molar-refractivity contribution in [2.24, 2.45) is 0 Å². The Morgan fingerprint density at radius 1 is 0.0976 bits per heavy atom. The maximum atomic E-state index is 2.33. The zero-order valence-electron chi connectivity index (χ0n) is 74.8. The molecule has 0 amide bonds. The molecule has 123 heavy (non-hydrogen) atoms. The van der Waals surface area contributed by atoms with Gasteiger partial charge in [0.05, 0.1) is 105 Å². The summed E-state index contributed by atoms with van der Waals surface area (Å²) in [4.78, 5) is 0. The third-order valence-electron chi connectivity index (χ3n) is 15.8. The predicted octanol–water partition coefficient (Wildman–Crippen LogP) is 12.5. The molecule has 0 aromatic carbocycles. The molecule has 59 heteroatoms. The van der Waals surface area contributed by atoms with Crippen LogP contribution in [-0.4, -0.2) is 123 Å². The Balaban J connectivity index is -0.00000000678. The van der Waals surface area contributed by atoms with Gasteiger partial charge in [0.2, 0.25) is 0 Å². The molecule has 16 radical (unpaired) electrons. The van der Waals surface area contributed by atoms with Gasteiger partial charge in [-0.25, -0.2) is 0 Å². The van der Waals surface area contributed by atoms with Gasteiger partial charge in [-0.2, -0.15) is 0 Å². The molecule has 0 atom stereocenters. The molecule has 0 bridgehead atoms. The molecule has 0 aliphatic heterocycles. The first kappa shape index (κ1) is 427. The second kappa shape index (κ2) is 338. The molecule has 0 rings (SSSR count). The standard InChI is InChI=1S/4C16H36N.ClH.38O.16V/c4*1-5-9-13-17(14-10-6-2,15-11-7-3)16-12-8-4;;;;;;;;;;;;;;;;;;;;;;;;;;;;;;;;;;;;;;;;;;;;;;;;;;;;;;;/h4*5-16H2,1-4H3;1H;;;;;;;;;;;;;;;;;;;;;;;;;;;;;;;;;;;;;;;;;;;;;;;;;;;;;;/q4*+1;;38*-2;;;;;;;;;;7*+4/p-1. The second-order valence-corrected chi connectivity index (χ2v) is 22.6. The Morgan fingerprint density at radius 2 is 0.130 bits per heavy atom. The van der Waals surface area contributed by atoms with Gasteiger partial charge in [0.1, 0.15) is 0 Å². The summed E-state index contributed by atoms with van der Waals surface area (Å²) in [6.45, 7) is 60.1. The Kier molecular flexibility index (Phi) is 1170. The summed E-state index contributed by atoms with van der Waals surface area (Å²) >= 11 is 0. The quantitative estimate of drug-likeness (QED) is 0.0513. The summed E-state index contributed by atoms with van der Waals surface area (Å²) in [7, 11) is 0. The van der Waals surface area contributed by atoms with Crippen LogP contribution in [0.25, 0.3) is 0 Å². The van der Waals surface area contributed by atoms with Crippen molar-refractivity contribution in [2.75, 3.05) is 105 Å². The summed E-state index contributed by atoms with van der Waals surface area (Å²) in [5, 5.41) is 0. The van der Waals surface area contributed by atoms with Crippen molar-refractivity contribution in [3.63, 3.8) is 0 Å². The van der Waals surface area contributed by atoms with Gasteiger partial charge < -0.3 is 238 Å². The minimum absolute atomic E-state index is 0. The first-order valence-corrected chi connectivity index (χ1v) is 32.4. The average molecular weight is 2430 g/mol. The number of nitrogens with zero attached hydrogens (tertiary/aromatic N) is 4. The van der Waals surface area contributed by atoms with Crippen LogP contribution in [0.3, 0.4) is 0 Å². The molecule has 0 spiro atoms. The zero-order valence-corrected chi connectivity index (χ0v) is 97.9. The largest absolute Gasteiger partial charge is 4.00 e. The van der Waals surface area contributed by atoms with Crippen molar-refractivity contribution in [2.45, 2.75) is 316 Å². The summed E-state index contributed by atoms with van der Waals surface area (Å²) in [5.41, 5.74) is 0. The fourth-order valence-corrected chi connectivity index (χ4v) is 10.6. The summed E-state index contributed by atoms with van der Waals surface area (Å²) in [5.74, 6) is 0. The van der Waals surface area contributed by atoms with Gasteiger partial charge in [-0.15, -0.1) is 0 Å². The molecule has 0 unspecified atom stereocenters. The first-order valence-electron chi connectivity index (χ1n) is 32.4. The van der Waals surface area contributed by atoms with Gasteiger partial charge in [-0.3, -0.25) is 0 Å². The molecule has 0 heterocycles. The molecule has 0 aromatic heterocycles. The van der Waals surface area contributed by atoms with Crippen LogP contribution in [0.2, 0.25) is 0 Å². The van der Waals surface area contributed by atoms with E-state index in [1.165, 1.54) is 328 Å². The molecule has 0 fully saturated rings. The third-order valence-corrected chi connectivity index (χ3v) is 15.8. The Labute approximate surface area is 945 Å². The molecule has 0 saturated heterocycles. The van der Waals surface area contributed by atoms with Gasteiger partial charge in [-0.1, -0.05) is 214 Å². The van der Waals surface area contributed by atoms with Gasteiger partial charge >= 0.3 is 130 Å². The molecule has 0 saturated carbocycles. The topological polar surface area (TPSA) is 1080 Å². The van der Waals surface area contributed by atoms with Crippen molar-refractivity contribution in [1.29, 1.82) is 0 Å². The van der Waals surface area contributed by atoms with Crippen molar-refractivity contribution in [1.82, 2.24) is 0 Å². The van der Waals surface area contributed by atoms with Crippen molar-refractivity contribution in [3.8, 4) is 0 Å². The maximum Gasteiger partial charge on any atom is 4.00 e. The van der Waals surface area contributed by atoms with Crippen LogP contribution in [0, 0.1) is 0 Å². The van der Waals surface area contributed by atoms with Crippen LogP contribution >= 0.6 is 0 Å². The molecule has 0 aliphatic carbocycles. The van der Waals surface area contributed by atoms with Crippen molar-refractivity contribution in [3.05, 3.63) is 0 Å². The fourth-order valence-electron chi connectivity index (χ4n) is 10.6. The number of rotatable bonds is 48. The van der Waals surface area contributed by atoms with Gasteiger partial charge in [-0.05, 0) is 103 Å². The maximum absolute atomic E-state index is 2.33. The molecule has 0 N–H and O–H groups in total. The van der Waals surface area contributed by atoms with E-state index in [-0.39, 0.29) is 517 Å². The number of halogens is 1. The van der Waals surface area contributed by atoms with E-state index in [0.717, 1.165) is 0 Å². The molecule has 0 aromatic rings. The van der Waals surface area contributed by atoms with E-state index in [1.807, 2.05) is 0 Å². The van der Waals surface area contributed by atoms with Gasteiger partial charge in [0.15, 0.2) is 0 Å². The normalized spacial score (nSPS) is 6.63. The molecular weight excluding hydrogens is 2280 g/mol. The van der Waals surface area contributed by atoms with E-state index in [2.05, 4.69) is 111 Å². The van der Waals surface area contributed by atoms with Crippen molar-refractivity contribution < 1.29 is 535 Å². The van der Waals surface area contributed by atoms with Crippen LogP contribution in [-0.2, 0) is 505 Å². The average Bonchev–Trinajstić information content (AvgIpc) is 3.37. The van der Waals surface area contributed by atoms with E-state index in [9.17, 15) is 0 Å². The molecular formula is C64H144ClN4O38V16-45. The monoisotopic (exact) mass is 2430 g/mol. The fraction of sp³-hybridized carbons (Fsp3) is 1.00. The second-order valence-electron chi connectivity index (χ2n) is 22.6. The van der Waals surface area contributed by atoms with E-state index in [1.54, 1.807) is 0 Å². The SMILES string of the molecule is CCCC[N+](CCCC)(CCCC)CCCC.CCCC[N+](CCCC)(CCCC)CCCC.CCCC[N+](CCCC)(CCCC)CCCC.CCCC[N+](CCCC)(CCCC)CCCC.[Cl-].[O-2].[O-2].[O-2].[O-2].[O-2].[O-2].[O-2].[O-2].[O-2].[O-2].[O-2].[O-2].[O-2].[O-2].[O-2].[O-2].[O-2].[O-2].[O-2].[O-2].[O-2].[O-2].[O-2].[O-2].[O-2].[O-2].[O-2].[O-2].[O-2].[O-2].[O-2].[O-2].[O-2].[O-2].[O-2].[O-2].[O-2].[O-2].[V+4].[V+4].[V+4].[V+4].[V+4].[V+4].[V+4].[V].[V].[V].[V].[V].[V].[V].[V].[V]. The van der Waals surface area contributed by atoms with E-state index in [4.69, 9.17) is 0 Å². The summed E-state index contributed by atoms with van der Waals surface area (Å²) < 4.78 is 5.68. The van der Waals surface area contributed by atoms with Crippen LogP contribution in [0.5, 0.6) is 0 Å². The Hall–Kier alpha value is 7.96. The molecule has 42 nitrogen and oxygen atoms in total. The smallest absolute Gasteiger partial charge is 2.00 e. The van der Waals surface area contributed by atoms with Crippen LogP contribution in [0.1, 0.15) is 316 Å². The van der Waals surface area contributed by atoms with Gasteiger partial charge in [0, 0.05) is 167 Å². The Morgan fingerprint density at radius 3 is 0.154 bits per heavy atom. The number of hydrogen-bond acceptors (Lipinski definition) is 0. The van der Waals surface area contributed by atoms with Crippen LogP contribution in [0.4, 0.5) is 0 Å². The van der Waals surface area contributed by atoms with E-state index >= 15 is 0 Å². The minimum Gasteiger partial charge on any atom is -2.00 e. The van der Waals surface area contributed by atoms with Crippen LogP contribution in [0.15, 0.2) is 0 Å². The van der Waals surface area contributed by atoms with E-state index in [0.29, 0.717) is 0 Å². The van der Waals surface area contributed by atoms with Gasteiger partial charge in [0.25, 0.3) is 0 Å². The molecule has 780 valence electrons. The van der Waals surface area contributed by atoms with Crippen molar-refractivity contribution >= 4 is 0 Å². The first-order chi connectivity index (χ1) is 33.0. The Bertz CT molecular complexity index is 785.